The Bertz CT molecular complexity index is 1170. The molecule has 0 aromatic heterocycles. The summed E-state index contributed by atoms with van der Waals surface area (Å²) in [4.78, 5) is 27.8. The minimum atomic E-state index is -0.607. The van der Waals surface area contributed by atoms with E-state index < -0.39 is 24.2 Å². The van der Waals surface area contributed by atoms with E-state index in [1.54, 1.807) is 36.4 Å². The highest BCUT2D eigenvalue weighted by molar-refractivity contribution is 6.62. The van der Waals surface area contributed by atoms with Crippen LogP contribution in [0.3, 0.4) is 0 Å². The van der Waals surface area contributed by atoms with Gasteiger partial charge in [0.2, 0.25) is 0 Å². The van der Waals surface area contributed by atoms with E-state index in [-0.39, 0.29) is 17.4 Å². The molecule has 2 amide bonds. The highest BCUT2D eigenvalue weighted by atomic mass is 16.7. The molecule has 0 spiro atoms. The van der Waals surface area contributed by atoms with Gasteiger partial charge in [0.05, 0.1) is 37.0 Å². The van der Waals surface area contributed by atoms with Crippen molar-refractivity contribution < 1.29 is 28.4 Å². The van der Waals surface area contributed by atoms with Crippen molar-refractivity contribution in [1.29, 1.82) is 0 Å². The molecule has 0 radical (unpaired) electrons. The number of carbonyl (C=O) groups excluding carboxylic acids is 2. The second kappa shape index (κ2) is 11.6. The van der Waals surface area contributed by atoms with Gasteiger partial charge in [0, 0.05) is 5.56 Å². The third-order valence-corrected chi connectivity index (χ3v) is 7.63. The Balaban J connectivity index is 1.99. The molecule has 1 atom stereocenters. The van der Waals surface area contributed by atoms with Gasteiger partial charge in [0.15, 0.2) is 0 Å². The number of nitrogens with one attached hydrogen (secondary N) is 1. The van der Waals surface area contributed by atoms with Gasteiger partial charge in [-0.25, -0.2) is 5.01 Å². The lowest BCUT2D eigenvalue weighted by Crippen LogP contribution is -2.56. The molecular formula is C30H43BN2O6. The van der Waals surface area contributed by atoms with Crippen LogP contribution in [0.2, 0.25) is 0 Å². The highest BCUT2D eigenvalue weighted by Crippen LogP contribution is 2.36. The Morgan fingerprint density at radius 1 is 1.00 bits per heavy atom. The second-order valence-electron chi connectivity index (χ2n) is 12.1. The molecule has 2 aromatic rings. The summed E-state index contributed by atoms with van der Waals surface area (Å²) in [7, 11) is 2.44. The quantitative estimate of drug-likeness (QED) is 0.376. The molecule has 3 rings (SSSR count). The smallest absolute Gasteiger partial charge is 0.494 e. The number of benzene rings is 2. The monoisotopic (exact) mass is 538 g/mol. The zero-order chi connectivity index (χ0) is 29.2. The van der Waals surface area contributed by atoms with Gasteiger partial charge in [-0.15, -0.1) is 0 Å². The predicted molar refractivity (Wildman–Crippen MR) is 153 cm³/mol. The first-order valence-electron chi connectivity index (χ1n) is 13.5. The molecule has 39 heavy (non-hydrogen) atoms. The summed E-state index contributed by atoms with van der Waals surface area (Å²) in [5.74, 6) is 0.124. The Labute approximate surface area is 233 Å². The van der Waals surface area contributed by atoms with Gasteiger partial charge in [0.1, 0.15) is 11.5 Å². The summed E-state index contributed by atoms with van der Waals surface area (Å²) in [5.41, 5.74) is 3.02. The number of carbonyl (C=O) groups is 2. The average Bonchev–Trinajstić information content (AvgIpc) is 3.11. The third-order valence-electron chi connectivity index (χ3n) is 7.63. The molecule has 1 fully saturated rings. The molecule has 0 bridgehead atoms. The summed E-state index contributed by atoms with van der Waals surface area (Å²) in [6, 6.07) is 11.9. The van der Waals surface area contributed by atoms with Crippen LogP contribution in [0.1, 0.15) is 88.9 Å². The van der Waals surface area contributed by atoms with Crippen LogP contribution >= 0.6 is 0 Å². The zero-order valence-electron chi connectivity index (χ0n) is 25.0. The van der Waals surface area contributed by atoms with Gasteiger partial charge in [-0.2, -0.15) is 0 Å². The molecule has 1 saturated heterocycles. The van der Waals surface area contributed by atoms with E-state index in [1.165, 1.54) is 19.2 Å². The molecule has 8 nitrogen and oxygen atoms in total. The van der Waals surface area contributed by atoms with Crippen molar-refractivity contribution in [1.82, 2.24) is 10.4 Å². The molecule has 1 aliphatic rings. The Hall–Kier alpha value is -3.04. The Kier molecular flexibility index (Phi) is 9.07. The maximum Gasteiger partial charge on any atom is 0.494 e. The van der Waals surface area contributed by atoms with Crippen LogP contribution in [0.25, 0.3) is 0 Å². The van der Waals surface area contributed by atoms with Crippen molar-refractivity contribution in [2.75, 3.05) is 14.2 Å². The standard InChI is InChI=1S/C30H43BN2O6/c1-11-13-25(28(2,3)4)33(27(35)23-19-22(36-9)16-17-24(23)37-10)32-26(34)20-14-12-15-21(18-20)31-38-29(5,6)30(7,8)39-31/h12,14-19,25H,11,13H2,1-10H3,(H,32,34). The number of methoxy groups -OCH3 is 2. The van der Waals surface area contributed by atoms with E-state index in [2.05, 4.69) is 33.1 Å². The molecule has 9 heteroatoms. The Morgan fingerprint density at radius 2 is 1.64 bits per heavy atom. The molecule has 1 heterocycles. The maximum atomic E-state index is 14.1. The SMILES string of the molecule is CCCC(N(NC(=O)c1cccc(B2OC(C)(C)C(C)(C)O2)c1)C(=O)c1cc(OC)ccc1OC)C(C)(C)C. The minimum Gasteiger partial charge on any atom is -0.497 e. The van der Waals surface area contributed by atoms with Crippen LogP contribution < -0.4 is 20.4 Å². The lowest BCUT2D eigenvalue weighted by Gasteiger charge is -2.40. The first-order chi connectivity index (χ1) is 18.1. The van der Waals surface area contributed by atoms with Crippen LogP contribution in [0.15, 0.2) is 42.5 Å². The topological polar surface area (TPSA) is 86.3 Å². The van der Waals surface area contributed by atoms with Crippen molar-refractivity contribution in [3.63, 3.8) is 0 Å². The van der Waals surface area contributed by atoms with Crippen molar-refractivity contribution in [2.24, 2.45) is 5.41 Å². The number of rotatable bonds is 8. The van der Waals surface area contributed by atoms with Gasteiger partial charge in [-0.1, -0.05) is 46.2 Å². The fraction of sp³-hybridized carbons (Fsp3) is 0.533. The van der Waals surface area contributed by atoms with Crippen LogP contribution in [-0.2, 0) is 9.31 Å². The summed E-state index contributed by atoms with van der Waals surface area (Å²) in [6.07, 6.45) is 1.52. The summed E-state index contributed by atoms with van der Waals surface area (Å²) in [6.45, 7) is 16.2. The summed E-state index contributed by atoms with van der Waals surface area (Å²) >= 11 is 0. The van der Waals surface area contributed by atoms with Gasteiger partial charge in [-0.05, 0) is 75.3 Å². The number of hydrogen-bond acceptors (Lipinski definition) is 6. The molecule has 0 saturated carbocycles. The van der Waals surface area contributed by atoms with Gasteiger partial charge in [-0.3, -0.25) is 15.0 Å². The van der Waals surface area contributed by atoms with Gasteiger partial charge < -0.3 is 18.8 Å². The molecular weight excluding hydrogens is 495 g/mol. The lowest BCUT2D eigenvalue weighted by atomic mass is 9.78. The average molecular weight is 538 g/mol. The maximum absolute atomic E-state index is 14.1. The van der Waals surface area contributed by atoms with E-state index >= 15 is 0 Å². The zero-order valence-corrected chi connectivity index (χ0v) is 25.0. The van der Waals surface area contributed by atoms with E-state index in [9.17, 15) is 9.59 Å². The van der Waals surface area contributed by atoms with E-state index in [4.69, 9.17) is 18.8 Å². The summed E-state index contributed by atoms with van der Waals surface area (Å²) in [5, 5.41) is 1.45. The van der Waals surface area contributed by atoms with E-state index in [0.29, 0.717) is 29.0 Å². The van der Waals surface area contributed by atoms with Crippen molar-refractivity contribution in [3.05, 3.63) is 53.6 Å². The van der Waals surface area contributed by atoms with E-state index in [1.807, 2.05) is 33.8 Å². The van der Waals surface area contributed by atoms with Gasteiger partial charge in [0.25, 0.3) is 11.8 Å². The number of hydrogen-bond donors (Lipinski definition) is 1. The van der Waals surface area contributed by atoms with Crippen molar-refractivity contribution >= 4 is 24.4 Å². The summed E-state index contributed by atoms with van der Waals surface area (Å²) < 4.78 is 23.2. The fourth-order valence-corrected chi connectivity index (χ4v) is 4.58. The number of amides is 2. The highest BCUT2D eigenvalue weighted by Gasteiger charge is 2.51. The van der Waals surface area contributed by atoms with Crippen molar-refractivity contribution in [2.45, 2.75) is 85.5 Å². The van der Waals surface area contributed by atoms with Crippen LogP contribution in [0.4, 0.5) is 0 Å². The molecule has 1 unspecified atom stereocenters. The van der Waals surface area contributed by atoms with E-state index in [0.717, 1.165) is 11.9 Å². The number of nitrogens with zero attached hydrogens (tertiary/aromatic N) is 1. The molecule has 1 aliphatic heterocycles. The van der Waals surface area contributed by atoms with Crippen LogP contribution in [-0.4, -0.2) is 55.4 Å². The second-order valence-corrected chi connectivity index (χ2v) is 12.1. The largest absolute Gasteiger partial charge is 0.497 e. The molecule has 212 valence electrons. The lowest BCUT2D eigenvalue weighted by molar-refractivity contribution is 0.00578. The predicted octanol–water partition coefficient (Wildman–Crippen LogP) is 5.01. The fourth-order valence-electron chi connectivity index (χ4n) is 4.58. The van der Waals surface area contributed by atoms with Crippen LogP contribution in [0, 0.1) is 5.41 Å². The Morgan fingerprint density at radius 3 is 2.18 bits per heavy atom. The number of hydrazine groups is 1. The van der Waals surface area contributed by atoms with Crippen molar-refractivity contribution in [3.8, 4) is 11.5 Å². The third kappa shape index (κ3) is 6.58. The number of ether oxygens (including phenoxy) is 2. The normalized spacial score (nSPS) is 16.9. The minimum absolute atomic E-state index is 0.291. The molecule has 2 aromatic carbocycles. The van der Waals surface area contributed by atoms with Gasteiger partial charge >= 0.3 is 7.12 Å². The molecule has 0 aliphatic carbocycles. The first-order valence-corrected chi connectivity index (χ1v) is 13.5. The van der Waals surface area contributed by atoms with Crippen LogP contribution in [0.5, 0.6) is 11.5 Å². The molecule has 1 N–H and O–H groups in total. The first kappa shape index (κ1) is 30.5.